The minimum absolute atomic E-state index is 0.0337. The van der Waals surface area contributed by atoms with Gasteiger partial charge in [-0.1, -0.05) is 68.8 Å². The van der Waals surface area contributed by atoms with E-state index in [1.54, 1.807) is 6.92 Å². The lowest BCUT2D eigenvalue weighted by Crippen LogP contribution is -2.27. The van der Waals surface area contributed by atoms with Crippen molar-refractivity contribution in [3.05, 3.63) is 76.0 Å². The Morgan fingerprint density at radius 3 is 2.26 bits per heavy atom. The molecule has 4 aromatic rings. The number of H-pyrrole nitrogens is 1. The minimum Gasteiger partial charge on any atom is -0.291 e. The molecule has 0 aliphatic heterocycles. The number of nitrogens with one attached hydrogen (secondary N) is 1. The van der Waals surface area contributed by atoms with Crippen LogP contribution in [-0.2, 0) is 25.7 Å². The molecule has 1 N–H and O–H groups in total. The Kier molecular flexibility index (Phi) is 7.18. The highest BCUT2D eigenvalue weighted by Gasteiger charge is 2.40. The van der Waals surface area contributed by atoms with Gasteiger partial charge >= 0.3 is 11.9 Å². The number of alkyl halides is 3. The zero-order valence-electron chi connectivity index (χ0n) is 19.6. The zero-order valence-corrected chi connectivity index (χ0v) is 19.6. The van der Waals surface area contributed by atoms with E-state index in [-0.39, 0.29) is 25.2 Å². The standard InChI is InChI=1S/C25H27F3N6O/c1-3-5-10-21-22(25(26,27)28)33(15-4-2)24(35)34(21)16-17-11-13-18(14-12-17)19-8-6-7-9-20(19)23-29-31-32-30-23/h6-9,11-14H,3-5,10,15-16H2,1-2H3,(H,29,30,31,32). The number of tetrazole rings is 1. The molecule has 2 aromatic heterocycles. The van der Waals surface area contributed by atoms with Gasteiger partial charge in [0.1, 0.15) is 5.69 Å². The van der Waals surface area contributed by atoms with Crippen molar-refractivity contribution in [2.45, 2.75) is 58.8 Å². The molecule has 0 atom stereocenters. The summed E-state index contributed by atoms with van der Waals surface area (Å²) in [5.74, 6) is 0.536. The molecule has 0 amide bonds. The Bertz CT molecular complexity index is 1320. The second-order valence-corrected chi connectivity index (χ2v) is 8.41. The molecule has 10 heteroatoms. The van der Waals surface area contributed by atoms with Crippen LogP contribution in [0.2, 0.25) is 0 Å². The molecule has 2 heterocycles. The maximum atomic E-state index is 14.0. The van der Waals surface area contributed by atoms with Gasteiger partial charge in [0.05, 0.1) is 12.2 Å². The van der Waals surface area contributed by atoms with Gasteiger partial charge in [0, 0.05) is 12.1 Å². The first-order valence-electron chi connectivity index (χ1n) is 11.7. The molecule has 0 fully saturated rings. The van der Waals surface area contributed by atoms with Crippen LogP contribution in [0.3, 0.4) is 0 Å². The number of benzene rings is 2. The molecule has 0 unspecified atom stereocenters. The summed E-state index contributed by atoms with van der Waals surface area (Å²) in [6.07, 6.45) is -2.64. The number of nitrogens with zero attached hydrogens (tertiary/aromatic N) is 5. The van der Waals surface area contributed by atoms with Gasteiger partial charge in [-0.25, -0.2) is 9.89 Å². The Morgan fingerprint density at radius 2 is 1.66 bits per heavy atom. The Balaban J connectivity index is 1.71. The van der Waals surface area contributed by atoms with Crippen LogP contribution >= 0.6 is 0 Å². The highest BCUT2D eigenvalue weighted by Crippen LogP contribution is 2.33. The summed E-state index contributed by atoms with van der Waals surface area (Å²) in [7, 11) is 0. The van der Waals surface area contributed by atoms with E-state index < -0.39 is 17.6 Å². The summed E-state index contributed by atoms with van der Waals surface area (Å²) >= 11 is 0. The molecule has 184 valence electrons. The largest absolute Gasteiger partial charge is 0.433 e. The maximum absolute atomic E-state index is 14.0. The van der Waals surface area contributed by atoms with Crippen molar-refractivity contribution in [2.24, 2.45) is 0 Å². The van der Waals surface area contributed by atoms with Gasteiger partial charge in [0.15, 0.2) is 5.82 Å². The van der Waals surface area contributed by atoms with E-state index >= 15 is 0 Å². The molecule has 0 aliphatic rings. The molecule has 35 heavy (non-hydrogen) atoms. The van der Waals surface area contributed by atoms with Gasteiger partial charge in [-0.05, 0) is 46.4 Å². The molecular formula is C25H27F3N6O. The number of hydrogen-bond acceptors (Lipinski definition) is 4. The molecule has 7 nitrogen and oxygen atoms in total. The number of unbranched alkanes of at least 4 members (excludes halogenated alkanes) is 1. The SMILES string of the molecule is CCCCc1c(C(F)(F)F)n(CCC)c(=O)n1Cc1ccc(-c2ccccc2-c2nnn[nH]2)cc1. The average molecular weight is 485 g/mol. The van der Waals surface area contributed by atoms with Crippen LogP contribution < -0.4 is 5.69 Å². The lowest BCUT2D eigenvalue weighted by Gasteiger charge is -2.13. The monoisotopic (exact) mass is 484 g/mol. The highest BCUT2D eigenvalue weighted by atomic mass is 19.4. The van der Waals surface area contributed by atoms with Crippen LogP contribution in [0.15, 0.2) is 53.3 Å². The maximum Gasteiger partial charge on any atom is 0.433 e. The van der Waals surface area contributed by atoms with Gasteiger partial charge in [-0.2, -0.15) is 13.2 Å². The van der Waals surface area contributed by atoms with Gasteiger partial charge in [-0.3, -0.25) is 9.13 Å². The van der Waals surface area contributed by atoms with Crippen LogP contribution in [-0.4, -0.2) is 29.8 Å². The lowest BCUT2D eigenvalue weighted by molar-refractivity contribution is -0.144. The van der Waals surface area contributed by atoms with Crippen molar-refractivity contribution in [3.8, 4) is 22.5 Å². The normalized spacial score (nSPS) is 11.8. The van der Waals surface area contributed by atoms with E-state index in [1.165, 1.54) is 4.57 Å². The molecular weight excluding hydrogens is 457 g/mol. The zero-order chi connectivity index (χ0) is 25.0. The van der Waals surface area contributed by atoms with E-state index in [9.17, 15) is 18.0 Å². The summed E-state index contributed by atoms with van der Waals surface area (Å²) in [6, 6.07) is 15.1. The number of aromatic nitrogens is 6. The van der Waals surface area contributed by atoms with Crippen LogP contribution in [0, 0.1) is 0 Å². The predicted molar refractivity (Wildman–Crippen MR) is 127 cm³/mol. The fourth-order valence-electron chi connectivity index (χ4n) is 4.34. The van der Waals surface area contributed by atoms with Gasteiger partial charge in [-0.15, -0.1) is 5.10 Å². The van der Waals surface area contributed by atoms with E-state index in [0.717, 1.165) is 33.2 Å². The second kappa shape index (κ2) is 10.3. The van der Waals surface area contributed by atoms with E-state index in [1.807, 2.05) is 55.5 Å². The fourth-order valence-corrected chi connectivity index (χ4v) is 4.34. The highest BCUT2D eigenvalue weighted by molar-refractivity contribution is 5.80. The van der Waals surface area contributed by atoms with E-state index in [2.05, 4.69) is 20.6 Å². The lowest BCUT2D eigenvalue weighted by atomic mass is 9.98. The molecule has 0 bridgehead atoms. The number of aromatic amines is 1. The second-order valence-electron chi connectivity index (χ2n) is 8.41. The fraction of sp³-hybridized carbons (Fsp3) is 0.360. The van der Waals surface area contributed by atoms with Crippen molar-refractivity contribution >= 4 is 0 Å². The van der Waals surface area contributed by atoms with Gasteiger partial charge < -0.3 is 0 Å². The third-order valence-corrected chi connectivity index (χ3v) is 5.95. The van der Waals surface area contributed by atoms with Crippen LogP contribution in [0.4, 0.5) is 13.2 Å². The van der Waals surface area contributed by atoms with Crippen molar-refractivity contribution in [1.29, 1.82) is 0 Å². The van der Waals surface area contributed by atoms with Crippen LogP contribution in [0.1, 0.15) is 50.1 Å². The summed E-state index contributed by atoms with van der Waals surface area (Å²) in [6.45, 7) is 3.79. The number of rotatable bonds is 9. The first kappa shape index (κ1) is 24.4. The Morgan fingerprint density at radius 1 is 0.943 bits per heavy atom. The molecule has 2 aromatic carbocycles. The first-order chi connectivity index (χ1) is 16.8. The summed E-state index contributed by atoms with van der Waals surface area (Å²) in [5, 5.41) is 14.0. The molecule has 4 rings (SSSR count). The van der Waals surface area contributed by atoms with Crippen LogP contribution in [0.5, 0.6) is 0 Å². The van der Waals surface area contributed by atoms with Gasteiger partial charge in [0.2, 0.25) is 0 Å². The first-order valence-corrected chi connectivity index (χ1v) is 11.7. The van der Waals surface area contributed by atoms with E-state index in [4.69, 9.17) is 0 Å². The molecule has 0 saturated carbocycles. The van der Waals surface area contributed by atoms with Gasteiger partial charge in [0.25, 0.3) is 0 Å². The third-order valence-electron chi connectivity index (χ3n) is 5.95. The number of halogens is 3. The number of hydrogen-bond donors (Lipinski definition) is 1. The smallest absolute Gasteiger partial charge is 0.291 e. The summed E-state index contributed by atoms with van der Waals surface area (Å²) < 4.78 is 44.2. The summed E-state index contributed by atoms with van der Waals surface area (Å²) in [4.78, 5) is 13.1. The van der Waals surface area contributed by atoms with Crippen molar-refractivity contribution in [1.82, 2.24) is 29.8 Å². The Labute approximate surface area is 200 Å². The van der Waals surface area contributed by atoms with Crippen molar-refractivity contribution in [2.75, 3.05) is 0 Å². The third kappa shape index (κ3) is 5.06. The van der Waals surface area contributed by atoms with Crippen LogP contribution in [0.25, 0.3) is 22.5 Å². The quantitative estimate of drug-likeness (QED) is 0.349. The predicted octanol–water partition coefficient (Wildman–Crippen LogP) is 5.32. The average Bonchev–Trinajstić information content (AvgIpc) is 3.46. The van der Waals surface area contributed by atoms with E-state index in [0.29, 0.717) is 18.7 Å². The minimum atomic E-state index is -4.59. The Hall–Kier alpha value is -3.69. The molecule has 0 saturated heterocycles. The molecule has 0 radical (unpaired) electrons. The topological polar surface area (TPSA) is 81.4 Å². The van der Waals surface area contributed by atoms with Crippen molar-refractivity contribution < 1.29 is 13.2 Å². The molecule has 0 aliphatic carbocycles. The van der Waals surface area contributed by atoms with Crippen molar-refractivity contribution in [3.63, 3.8) is 0 Å². The molecule has 0 spiro atoms. The summed E-state index contributed by atoms with van der Waals surface area (Å²) in [5.41, 5.74) is 2.02. The number of imidazole rings is 1.